The van der Waals surface area contributed by atoms with Crippen molar-refractivity contribution in [2.24, 2.45) is 0 Å². The van der Waals surface area contributed by atoms with Gasteiger partial charge in [-0.3, -0.25) is 9.36 Å². The van der Waals surface area contributed by atoms with Gasteiger partial charge in [0.05, 0.1) is 30.2 Å². The van der Waals surface area contributed by atoms with E-state index < -0.39 is 21.7 Å². The molecule has 1 amide bonds. The van der Waals surface area contributed by atoms with Gasteiger partial charge in [-0.25, -0.2) is 13.2 Å². The van der Waals surface area contributed by atoms with Gasteiger partial charge in [-0.05, 0) is 43.3 Å². The first-order valence-corrected chi connectivity index (χ1v) is 11.6. The van der Waals surface area contributed by atoms with Crippen LogP contribution in [0, 0.1) is 0 Å². The van der Waals surface area contributed by atoms with Crippen LogP contribution in [-0.4, -0.2) is 56.1 Å². The number of oxazole rings is 1. The van der Waals surface area contributed by atoms with Gasteiger partial charge in [-0.1, -0.05) is 0 Å². The van der Waals surface area contributed by atoms with Gasteiger partial charge in [0.2, 0.25) is 15.9 Å². The minimum atomic E-state index is -3.74. The third-order valence-corrected chi connectivity index (χ3v) is 6.89. The summed E-state index contributed by atoms with van der Waals surface area (Å²) in [6.45, 7) is 3.32. The van der Waals surface area contributed by atoms with Crippen LogP contribution in [-0.2, 0) is 26.1 Å². The number of nitrogens with zero attached hydrogens (tertiary/aromatic N) is 2. The molecule has 1 aromatic heterocycles. The number of amides is 1. The number of benzene rings is 2. The molecule has 0 aliphatic carbocycles. The number of ether oxygens (including phenoxy) is 2. The maximum absolute atomic E-state index is 12.8. The number of hydrogen-bond acceptors (Lipinski definition) is 7. The van der Waals surface area contributed by atoms with Gasteiger partial charge in [0.15, 0.2) is 5.58 Å². The molecule has 1 aliphatic heterocycles. The van der Waals surface area contributed by atoms with Gasteiger partial charge in [-0.15, -0.1) is 0 Å². The molecule has 0 radical (unpaired) electrons. The Labute approximate surface area is 184 Å². The molecule has 170 valence electrons. The monoisotopic (exact) mass is 461 g/mol. The molecule has 11 heteroatoms. The van der Waals surface area contributed by atoms with Crippen molar-refractivity contribution >= 4 is 32.7 Å². The Morgan fingerprint density at radius 3 is 2.53 bits per heavy atom. The number of hydrogen-bond donors (Lipinski definition) is 1. The van der Waals surface area contributed by atoms with E-state index in [1.165, 1.54) is 22.5 Å². The summed E-state index contributed by atoms with van der Waals surface area (Å²) in [5.74, 6) is -0.489. The second-order valence-corrected chi connectivity index (χ2v) is 9.04. The molecule has 2 heterocycles. The number of aromatic nitrogens is 1. The fourth-order valence-corrected chi connectivity index (χ4v) is 4.86. The van der Waals surface area contributed by atoms with Crippen molar-refractivity contribution in [1.29, 1.82) is 0 Å². The molecule has 0 atom stereocenters. The number of nitrogens with one attached hydrogen (secondary N) is 1. The van der Waals surface area contributed by atoms with Gasteiger partial charge >= 0.3 is 5.76 Å². The molecule has 0 spiro atoms. The summed E-state index contributed by atoms with van der Waals surface area (Å²) < 4.78 is 44.0. The van der Waals surface area contributed by atoms with Crippen molar-refractivity contribution in [3.05, 3.63) is 53.0 Å². The molecule has 4 rings (SSSR count). The first kappa shape index (κ1) is 22.1. The van der Waals surface area contributed by atoms with E-state index in [4.69, 9.17) is 13.9 Å². The van der Waals surface area contributed by atoms with Gasteiger partial charge in [0.1, 0.15) is 12.3 Å². The second kappa shape index (κ2) is 9.15. The van der Waals surface area contributed by atoms with Crippen LogP contribution >= 0.6 is 0 Å². The highest BCUT2D eigenvalue weighted by atomic mass is 32.2. The third kappa shape index (κ3) is 4.54. The molecule has 1 aliphatic rings. The van der Waals surface area contributed by atoms with Crippen molar-refractivity contribution < 1.29 is 27.1 Å². The Morgan fingerprint density at radius 2 is 1.84 bits per heavy atom. The molecular weight excluding hydrogens is 438 g/mol. The maximum atomic E-state index is 12.8. The largest absolute Gasteiger partial charge is 0.494 e. The van der Waals surface area contributed by atoms with Crippen LogP contribution in [0.4, 0.5) is 5.69 Å². The van der Waals surface area contributed by atoms with Crippen LogP contribution in [0.25, 0.3) is 11.1 Å². The van der Waals surface area contributed by atoms with Gasteiger partial charge in [-0.2, -0.15) is 4.31 Å². The van der Waals surface area contributed by atoms with E-state index in [1.807, 2.05) is 6.92 Å². The van der Waals surface area contributed by atoms with E-state index in [9.17, 15) is 18.0 Å². The van der Waals surface area contributed by atoms with Crippen LogP contribution < -0.4 is 15.8 Å². The van der Waals surface area contributed by atoms with Gasteiger partial charge in [0, 0.05) is 24.8 Å². The van der Waals surface area contributed by atoms with Crippen LogP contribution in [0.15, 0.2) is 56.6 Å². The van der Waals surface area contributed by atoms with Gasteiger partial charge < -0.3 is 19.2 Å². The Kier molecular flexibility index (Phi) is 6.31. The number of carbonyl (C=O) groups excluding carboxylic acids is 1. The van der Waals surface area contributed by atoms with Gasteiger partial charge in [0.25, 0.3) is 0 Å². The molecule has 1 N–H and O–H groups in total. The minimum absolute atomic E-state index is 0.0200. The minimum Gasteiger partial charge on any atom is -0.494 e. The Bertz CT molecular complexity index is 1270. The first-order valence-electron chi connectivity index (χ1n) is 10.1. The highest BCUT2D eigenvalue weighted by Gasteiger charge is 2.27. The van der Waals surface area contributed by atoms with E-state index in [0.717, 1.165) is 4.57 Å². The van der Waals surface area contributed by atoms with Crippen molar-refractivity contribution in [2.75, 3.05) is 38.2 Å². The zero-order chi connectivity index (χ0) is 22.7. The summed E-state index contributed by atoms with van der Waals surface area (Å²) >= 11 is 0. The van der Waals surface area contributed by atoms with E-state index in [1.54, 1.807) is 24.3 Å². The number of sulfonamides is 1. The lowest BCUT2D eigenvalue weighted by Gasteiger charge is -2.25. The molecule has 0 unspecified atom stereocenters. The van der Waals surface area contributed by atoms with E-state index in [2.05, 4.69) is 5.32 Å². The summed E-state index contributed by atoms with van der Waals surface area (Å²) in [5, 5.41) is 2.71. The lowest BCUT2D eigenvalue weighted by molar-refractivity contribution is -0.116. The summed E-state index contributed by atoms with van der Waals surface area (Å²) in [7, 11) is -3.74. The highest BCUT2D eigenvalue weighted by molar-refractivity contribution is 7.89. The smallest absolute Gasteiger partial charge is 0.420 e. The number of carbonyl (C=O) groups is 1. The molecule has 3 aromatic rings. The molecule has 0 bridgehead atoms. The maximum Gasteiger partial charge on any atom is 0.420 e. The Morgan fingerprint density at radius 1 is 1.12 bits per heavy atom. The Balaban J connectivity index is 1.53. The fraction of sp³-hybridized carbons (Fsp3) is 0.333. The quantitative estimate of drug-likeness (QED) is 0.568. The molecule has 10 nitrogen and oxygen atoms in total. The molecular formula is C21H23N3O7S. The van der Waals surface area contributed by atoms with Crippen LogP contribution in [0.5, 0.6) is 5.75 Å². The standard InChI is InChI=1S/C21H23N3O7S/c1-2-30-16-5-3-15(4-6-16)22-20(25)14-24-18-8-7-17(13-19(18)31-21(24)26)32(27,28)23-9-11-29-12-10-23/h3-8,13H,2,9-12,14H2,1H3,(H,22,25). The number of anilines is 1. The zero-order valence-corrected chi connectivity index (χ0v) is 18.3. The summed E-state index contributed by atoms with van der Waals surface area (Å²) in [4.78, 5) is 24.8. The van der Waals surface area contributed by atoms with E-state index in [0.29, 0.717) is 36.8 Å². The predicted molar refractivity (Wildman–Crippen MR) is 116 cm³/mol. The average molecular weight is 461 g/mol. The van der Waals surface area contributed by atoms with Crippen LogP contribution in [0.3, 0.4) is 0 Å². The van der Waals surface area contributed by atoms with Crippen molar-refractivity contribution in [3.8, 4) is 5.75 Å². The Hall–Kier alpha value is -3.15. The van der Waals surface area contributed by atoms with Crippen LogP contribution in [0.1, 0.15) is 6.92 Å². The predicted octanol–water partition coefficient (Wildman–Crippen LogP) is 1.65. The summed E-state index contributed by atoms with van der Waals surface area (Å²) in [6.07, 6.45) is 0. The van der Waals surface area contributed by atoms with Crippen molar-refractivity contribution in [3.63, 3.8) is 0 Å². The van der Waals surface area contributed by atoms with Crippen molar-refractivity contribution in [1.82, 2.24) is 8.87 Å². The number of rotatable bonds is 7. The lowest BCUT2D eigenvalue weighted by atomic mass is 10.3. The number of morpholine rings is 1. The second-order valence-electron chi connectivity index (χ2n) is 7.11. The summed E-state index contributed by atoms with van der Waals surface area (Å²) in [6, 6.07) is 11.0. The SMILES string of the molecule is CCOc1ccc(NC(=O)Cn2c(=O)oc3cc(S(=O)(=O)N4CCOCC4)ccc32)cc1. The molecule has 2 aromatic carbocycles. The molecule has 32 heavy (non-hydrogen) atoms. The van der Waals surface area contributed by atoms with E-state index >= 15 is 0 Å². The third-order valence-electron chi connectivity index (χ3n) is 5.00. The van der Waals surface area contributed by atoms with E-state index in [-0.39, 0.29) is 30.1 Å². The zero-order valence-electron chi connectivity index (χ0n) is 17.4. The van der Waals surface area contributed by atoms with Crippen molar-refractivity contribution in [2.45, 2.75) is 18.4 Å². The number of fused-ring (bicyclic) bond motifs is 1. The highest BCUT2D eigenvalue weighted by Crippen LogP contribution is 2.22. The first-order chi connectivity index (χ1) is 15.4. The van der Waals surface area contributed by atoms with Crippen LogP contribution in [0.2, 0.25) is 0 Å². The molecule has 1 fully saturated rings. The topological polar surface area (TPSA) is 120 Å². The molecule has 0 saturated carbocycles. The molecule has 1 saturated heterocycles. The average Bonchev–Trinajstić information content (AvgIpc) is 3.10. The summed E-state index contributed by atoms with van der Waals surface area (Å²) in [5.41, 5.74) is 0.981. The lowest BCUT2D eigenvalue weighted by Crippen LogP contribution is -2.40. The normalized spacial score (nSPS) is 15.0. The fourth-order valence-electron chi connectivity index (χ4n) is 3.44.